The highest BCUT2D eigenvalue weighted by molar-refractivity contribution is 8.01. The number of aliphatic carboxylic acids is 1. The summed E-state index contributed by atoms with van der Waals surface area (Å²) in [6.07, 6.45) is 0.507. The normalized spacial score (nSPS) is 29.6. The zero-order valence-electron chi connectivity index (χ0n) is 12.1. The molecule has 2 N–H and O–H groups in total. The summed E-state index contributed by atoms with van der Waals surface area (Å²) in [6, 6.07) is -0.539. The van der Waals surface area contributed by atoms with Crippen LogP contribution in [-0.4, -0.2) is 68.0 Å². The van der Waals surface area contributed by atoms with Crippen LogP contribution in [0.5, 0.6) is 0 Å². The molecule has 3 heterocycles. The maximum Gasteiger partial charge on any atom is 0.313 e. The van der Waals surface area contributed by atoms with E-state index in [-0.39, 0.29) is 17.8 Å². The molecule has 23 heavy (non-hydrogen) atoms. The smallest absolute Gasteiger partial charge is 0.313 e. The molecule has 0 aromatic carbocycles. The molecule has 3 atom stereocenters. The second-order valence-electron chi connectivity index (χ2n) is 5.39. The highest BCUT2D eigenvalue weighted by Crippen LogP contribution is 2.44. The lowest BCUT2D eigenvalue weighted by atomic mass is 9.89. The van der Waals surface area contributed by atoms with Crippen LogP contribution in [0.15, 0.2) is 4.34 Å². The number of nitrogens with zero attached hydrogens (tertiary/aromatic N) is 3. The van der Waals surface area contributed by atoms with Gasteiger partial charge in [0.05, 0.1) is 0 Å². The van der Waals surface area contributed by atoms with E-state index < -0.39 is 17.4 Å². The van der Waals surface area contributed by atoms with Gasteiger partial charge in [0.15, 0.2) is 4.34 Å². The van der Waals surface area contributed by atoms with Gasteiger partial charge in [0, 0.05) is 18.1 Å². The molecule has 2 aliphatic heterocycles. The number of nitrogens with one attached hydrogen (secondary N) is 1. The van der Waals surface area contributed by atoms with Gasteiger partial charge in [-0.1, -0.05) is 23.1 Å². The molecule has 0 radical (unpaired) electrons. The number of aryl methyl sites for hydroxylation is 1. The second-order valence-corrected chi connectivity index (χ2v) is 8.90. The number of hydrogen-bond donors (Lipinski definition) is 2. The third-order valence-corrected chi connectivity index (χ3v) is 7.68. The molecule has 8 nitrogen and oxygen atoms in total. The number of carboxylic acid groups (broad SMARTS) is 1. The van der Waals surface area contributed by atoms with E-state index >= 15 is 0 Å². The maximum absolute atomic E-state index is 12.0. The van der Waals surface area contributed by atoms with Crippen molar-refractivity contribution >= 4 is 53.1 Å². The first-order valence-electron chi connectivity index (χ1n) is 6.75. The van der Waals surface area contributed by atoms with Crippen molar-refractivity contribution in [3.63, 3.8) is 0 Å². The topological polar surface area (TPSA) is 112 Å². The van der Waals surface area contributed by atoms with Gasteiger partial charge < -0.3 is 15.3 Å². The number of thioether (sulfide) groups is 2. The zero-order chi connectivity index (χ0) is 16.6. The van der Waals surface area contributed by atoms with Gasteiger partial charge in [0.2, 0.25) is 12.3 Å². The highest BCUT2D eigenvalue weighted by Gasteiger charge is 2.57. The van der Waals surface area contributed by atoms with Crippen LogP contribution in [0.3, 0.4) is 0 Å². The Morgan fingerprint density at radius 2 is 2.39 bits per heavy atom. The van der Waals surface area contributed by atoms with Crippen molar-refractivity contribution in [1.82, 2.24) is 20.4 Å². The largest absolute Gasteiger partial charge is 0.481 e. The number of carbonyl (C=O) groups excluding carboxylic acids is 2. The van der Waals surface area contributed by atoms with E-state index in [1.165, 1.54) is 39.8 Å². The minimum absolute atomic E-state index is 0.153. The molecule has 11 heteroatoms. The number of aromatic nitrogens is 2. The summed E-state index contributed by atoms with van der Waals surface area (Å²) in [5, 5.41) is 20.7. The molecule has 124 valence electrons. The van der Waals surface area contributed by atoms with Gasteiger partial charge in [0.25, 0.3) is 0 Å². The fourth-order valence-corrected chi connectivity index (χ4v) is 6.22. The minimum Gasteiger partial charge on any atom is -0.481 e. The van der Waals surface area contributed by atoms with Crippen LogP contribution in [0.4, 0.5) is 0 Å². The van der Waals surface area contributed by atoms with Crippen LogP contribution in [0.25, 0.3) is 0 Å². The van der Waals surface area contributed by atoms with Crippen LogP contribution in [0, 0.1) is 12.3 Å². The van der Waals surface area contributed by atoms with Crippen molar-refractivity contribution in [2.45, 2.75) is 22.7 Å². The minimum atomic E-state index is -1.02. The monoisotopic (exact) mass is 374 g/mol. The van der Waals surface area contributed by atoms with Crippen molar-refractivity contribution in [2.75, 3.05) is 18.1 Å². The second kappa shape index (κ2) is 6.29. The van der Waals surface area contributed by atoms with E-state index in [1.807, 2.05) is 6.92 Å². The third-order valence-electron chi connectivity index (χ3n) is 3.83. The summed E-state index contributed by atoms with van der Waals surface area (Å²) in [4.78, 5) is 35.9. The zero-order valence-corrected chi connectivity index (χ0v) is 14.5. The Bertz CT molecular complexity index is 654. The molecule has 0 aliphatic carbocycles. The highest BCUT2D eigenvalue weighted by atomic mass is 32.2. The molecule has 2 saturated heterocycles. The number of rotatable bonds is 6. The summed E-state index contributed by atoms with van der Waals surface area (Å²) < 4.78 is 0.727. The van der Waals surface area contributed by atoms with E-state index in [0.717, 1.165) is 9.35 Å². The van der Waals surface area contributed by atoms with E-state index in [4.69, 9.17) is 0 Å². The molecule has 0 bridgehead atoms. The van der Waals surface area contributed by atoms with Crippen molar-refractivity contribution in [3.05, 3.63) is 5.01 Å². The summed E-state index contributed by atoms with van der Waals surface area (Å²) in [7, 11) is 0. The quantitative estimate of drug-likeness (QED) is 0.408. The maximum atomic E-state index is 12.0. The predicted molar refractivity (Wildman–Crippen MR) is 86.4 cm³/mol. The first-order chi connectivity index (χ1) is 11.0. The lowest BCUT2D eigenvalue weighted by Gasteiger charge is -2.53. The average molecular weight is 374 g/mol. The number of hydrogen-bond acceptors (Lipinski definition) is 8. The molecule has 1 aromatic rings. The van der Waals surface area contributed by atoms with Crippen LogP contribution < -0.4 is 5.32 Å². The Morgan fingerprint density at radius 1 is 1.61 bits per heavy atom. The van der Waals surface area contributed by atoms with Crippen LogP contribution in [0.1, 0.15) is 5.01 Å². The van der Waals surface area contributed by atoms with Gasteiger partial charge >= 0.3 is 5.97 Å². The van der Waals surface area contributed by atoms with Crippen LogP contribution >= 0.6 is 34.9 Å². The van der Waals surface area contributed by atoms with E-state index in [2.05, 4.69) is 15.5 Å². The van der Waals surface area contributed by atoms with Crippen molar-refractivity contribution in [3.8, 4) is 0 Å². The van der Waals surface area contributed by atoms with Crippen molar-refractivity contribution in [1.29, 1.82) is 0 Å². The van der Waals surface area contributed by atoms with Crippen LogP contribution in [-0.2, 0) is 14.4 Å². The lowest BCUT2D eigenvalue weighted by Crippen LogP contribution is -2.73. The van der Waals surface area contributed by atoms with Gasteiger partial charge in [-0.3, -0.25) is 14.4 Å². The van der Waals surface area contributed by atoms with Gasteiger partial charge in [-0.05, 0) is 6.92 Å². The van der Waals surface area contributed by atoms with Gasteiger partial charge in [-0.25, -0.2) is 0 Å². The van der Waals surface area contributed by atoms with Gasteiger partial charge in [-0.15, -0.1) is 22.0 Å². The Morgan fingerprint density at radius 3 is 3.00 bits per heavy atom. The summed E-state index contributed by atoms with van der Waals surface area (Å²) >= 11 is 4.17. The number of carbonyl (C=O) groups is 3. The molecular formula is C12H14N4O4S3. The number of amides is 2. The first-order valence-corrected chi connectivity index (χ1v) is 9.60. The van der Waals surface area contributed by atoms with E-state index in [9.17, 15) is 19.5 Å². The predicted octanol–water partition coefficient (Wildman–Crippen LogP) is 0.0393. The van der Waals surface area contributed by atoms with Crippen LogP contribution in [0.2, 0.25) is 0 Å². The fraction of sp³-hybridized carbons (Fsp3) is 0.583. The molecule has 0 spiro atoms. The number of carboxylic acids is 1. The molecule has 1 aromatic heterocycles. The van der Waals surface area contributed by atoms with E-state index in [1.54, 1.807) is 0 Å². The SMILES string of the molecule is Cc1nnc(SCC2(C(=O)O)CS[C@@H]3C(NC=O)C(=O)N3C2)s1. The fourth-order valence-electron chi connectivity index (χ4n) is 2.54. The molecule has 3 rings (SSSR count). The van der Waals surface area contributed by atoms with Crippen molar-refractivity contribution in [2.24, 2.45) is 5.41 Å². The summed E-state index contributed by atoms with van der Waals surface area (Å²) in [5.41, 5.74) is -1.02. The van der Waals surface area contributed by atoms with E-state index in [0.29, 0.717) is 17.9 Å². The summed E-state index contributed by atoms with van der Waals surface area (Å²) in [6.45, 7) is 2.00. The number of β-lactam (4-membered cyclic amide) rings is 1. The summed E-state index contributed by atoms with van der Waals surface area (Å²) in [5.74, 6) is -0.432. The Hall–Kier alpha value is -1.33. The average Bonchev–Trinajstić information content (AvgIpc) is 2.95. The van der Waals surface area contributed by atoms with Crippen molar-refractivity contribution < 1.29 is 19.5 Å². The Balaban J connectivity index is 1.69. The first kappa shape index (κ1) is 16.5. The number of fused-ring (bicyclic) bond motifs is 1. The molecule has 2 unspecified atom stereocenters. The molecule has 2 aliphatic rings. The Kier molecular flexibility index (Phi) is 4.52. The molecular weight excluding hydrogens is 360 g/mol. The third kappa shape index (κ3) is 2.92. The molecule has 0 saturated carbocycles. The standard InChI is InChI=1S/C12H14N4O4S3/c1-6-14-15-11(23-6)22-4-12(10(19)20)2-16-8(18)7(13-5-17)9(16)21-3-12/h5,7,9H,2-4H2,1H3,(H,13,17)(H,19,20)/t7?,9-,12?/m1/s1. The van der Waals surface area contributed by atoms with Gasteiger partial charge in [0.1, 0.15) is 21.8 Å². The lowest BCUT2D eigenvalue weighted by molar-refractivity contribution is -0.156. The Labute approximate surface area is 144 Å². The molecule has 2 fully saturated rings. The van der Waals surface area contributed by atoms with Gasteiger partial charge in [-0.2, -0.15) is 0 Å². The molecule has 2 amide bonds.